The molecule has 2 heterocycles. The number of hydrogen-bond acceptors (Lipinski definition) is 6. The average Bonchev–Trinajstić information content (AvgIpc) is 3.29. The van der Waals surface area contributed by atoms with Gasteiger partial charge in [0.25, 0.3) is 5.90 Å². The van der Waals surface area contributed by atoms with Gasteiger partial charge in [0, 0.05) is 19.5 Å². The molecule has 0 unspecified atom stereocenters. The quantitative estimate of drug-likeness (QED) is 0.183. The Balaban J connectivity index is 0.00000167. The minimum absolute atomic E-state index is 0.0463. The largest absolute Gasteiger partial charge is 0.493 e. The van der Waals surface area contributed by atoms with Gasteiger partial charge in [0.1, 0.15) is 11.3 Å². The van der Waals surface area contributed by atoms with Crippen LogP contribution in [0.1, 0.15) is 54.6 Å². The molecule has 1 aliphatic heterocycles. The van der Waals surface area contributed by atoms with Crippen molar-refractivity contribution in [3.05, 3.63) is 64.9 Å². The number of ether oxygens (including phenoxy) is 2. The predicted octanol–water partition coefficient (Wildman–Crippen LogP) is 6.29. The Morgan fingerprint density at radius 1 is 1.09 bits per heavy atom. The second-order valence-electron chi connectivity index (χ2n) is 8.94. The topological polar surface area (TPSA) is 82.5 Å². The molecule has 6 nitrogen and oxygen atoms in total. The molecule has 6 heteroatoms. The summed E-state index contributed by atoms with van der Waals surface area (Å²) in [5.41, 5.74) is 4.93. The van der Waals surface area contributed by atoms with Gasteiger partial charge in [-0.25, -0.2) is 0 Å². The molecular formula is C29H35N3O3. The summed E-state index contributed by atoms with van der Waals surface area (Å²) >= 11 is 0. The van der Waals surface area contributed by atoms with Crippen LogP contribution >= 0.6 is 0 Å². The number of rotatable bonds is 7. The van der Waals surface area contributed by atoms with E-state index in [0.29, 0.717) is 23.9 Å². The van der Waals surface area contributed by atoms with Crippen molar-refractivity contribution in [3.63, 3.8) is 0 Å². The highest BCUT2D eigenvalue weighted by Gasteiger charge is 2.21. The van der Waals surface area contributed by atoms with E-state index in [9.17, 15) is 0 Å². The highest BCUT2D eigenvalue weighted by Crippen LogP contribution is 2.31. The summed E-state index contributed by atoms with van der Waals surface area (Å²) in [6, 6.07) is 14.2. The average molecular weight is 474 g/mol. The van der Waals surface area contributed by atoms with Crippen molar-refractivity contribution in [2.45, 2.75) is 46.0 Å². The maximum absolute atomic E-state index is 7.93. The molecule has 2 N–H and O–H groups in total. The summed E-state index contributed by atoms with van der Waals surface area (Å²) in [5, 5.41) is 16.1. The Hall–Kier alpha value is -3.56. The van der Waals surface area contributed by atoms with Gasteiger partial charge in [-0.15, -0.1) is 12.8 Å². The van der Waals surface area contributed by atoms with Gasteiger partial charge >= 0.3 is 0 Å². The van der Waals surface area contributed by atoms with Crippen molar-refractivity contribution < 1.29 is 13.9 Å². The summed E-state index contributed by atoms with van der Waals surface area (Å²) in [5.74, 6) is 1.49. The number of nitrogens with one attached hydrogen (secondary N) is 2. The molecule has 0 bridgehead atoms. The minimum atomic E-state index is -0.172. The first-order valence-corrected chi connectivity index (χ1v) is 12.0. The zero-order valence-electron chi connectivity index (χ0n) is 20.9. The van der Waals surface area contributed by atoms with Gasteiger partial charge in [-0.3, -0.25) is 10.8 Å². The number of aryl methyl sites for hydroxylation is 2. The van der Waals surface area contributed by atoms with Crippen LogP contribution in [0.5, 0.6) is 5.75 Å². The van der Waals surface area contributed by atoms with E-state index >= 15 is 0 Å². The fourth-order valence-corrected chi connectivity index (χ4v) is 4.70. The van der Waals surface area contributed by atoms with Gasteiger partial charge in [-0.05, 0) is 75.4 Å². The van der Waals surface area contributed by atoms with Gasteiger partial charge in [-0.1, -0.05) is 29.8 Å². The number of nitrogens with zero attached hydrogens (tertiary/aromatic N) is 1. The third kappa shape index (κ3) is 6.74. The van der Waals surface area contributed by atoms with Crippen LogP contribution in [0.4, 0.5) is 0 Å². The Kier molecular flexibility index (Phi) is 9.11. The van der Waals surface area contributed by atoms with Gasteiger partial charge < -0.3 is 18.8 Å². The van der Waals surface area contributed by atoms with Gasteiger partial charge in [0.2, 0.25) is 0 Å². The Labute approximate surface area is 208 Å². The molecule has 0 amide bonds. The number of likely N-dealkylation sites (tertiary alicyclic amines) is 1. The summed E-state index contributed by atoms with van der Waals surface area (Å²) in [6.45, 7) is 9.80. The van der Waals surface area contributed by atoms with E-state index in [4.69, 9.17) is 24.7 Å². The first-order chi connectivity index (χ1) is 16.9. The molecule has 0 spiro atoms. The first-order valence-electron chi connectivity index (χ1n) is 12.0. The highest BCUT2D eigenvalue weighted by molar-refractivity contribution is 6.00. The zero-order valence-corrected chi connectivity index (χ0v) is 20.9. The molecule has 0 aliphatic carbocycles. The van der Waals surface area contributed by atoms with Crippen LogP contribution in [-0.2, 0) is 4.74 Å². The van der Waals surface area contributed by atoms with Crippen molar-refractivity contribution in [3.8, 4) is 18.6 Å². The lowest BCUT2D eigenvalue weighted by Gasteiger charge is -2.32. The van der Waals surface area contributed by atoms with Crippen molar-refractivity contribution in [2.24, 2.45) is 0 Å². The molecule has 184 valence electrons. The van der Waals surface area contributed by atoms with E-state index < -0.39 is 0 Å². The number of piperidine rings is 1. The van der Waals surface area contributed by atoms with Crippen molar-refractivity contribution in [1.82, 2.24) is 4.90 Å². The lowest BCUT2D eigenvalue weighted by atomic mass is 9.86. The zero-order chi connectivity index (χ0) is 25.4. The number of fused-ring (bicyclic) bond motifs is 1. The molecule has 3 aromatic rings. The molecule has 0 saturated carbocycles. The second kappa shape index (κ2) is 12.2. The maximum Gasteiger partial charge on any atom is 0.256 e. The molecular weight excluding hydrogens is 438 g/mol. The van der Waals surface area contributed by atoms with Crippen molar-refractivity contribution >= 4 is 22.8 Å². The van der Waals surface area contributed by atoms with E-state index in [0.717, 1.165) is 37.2 Å². The summed E-state index contributed by atoms with van der Waals surface area (Å²) in [7, 11) is 0. The molecule has 4 rings (SSSR count). The molecule has 0 atom stereocenters. The molecule has 0 radical (unpaired) electrons. The fourth-order valence-electron chi connectivity index (χ4n) is 4.70. The minimum Gasteiger partial charge on any atom is -0.493 e. The molecule has 2 aromatic carbocycles. The molecule has 1 saturated heterocycles. The van der Waals surface area contributed by atoms with E-state index in [1.54, 1.807) is 6.07 Å². The van der Waals surface area contributed by atoms with Gasteiger partial charge in [0.05, 0.1) is 12.0 Å². The lowest BCUT2D eigenvalue weighted by molar-refractivity contribution is 0.193. The number of benzene rings is 2. The highest BCUT2D eigenvalue weighted by atomic mass is 16.5. The van der Waals surface area contributed by atoms with Crippen LogP contribution < -0.4 is 4.74 Å². The first kappa shape index (κ1) is 26.1. The fraction of sp³-hybridized carbons (Fsp3) is 0.379. The van der Waals surface area contributed by atoms with E-state index in [1.807, 2.05) is 18.2 Å². The van der Waals surface area contributed by atoms with Crippen LogP contribution in [-0.4, -0.2) is 42.9 Å². The van der Waals surface area contributed by atoms with Crippen molar-refractivity contribution in [2.75, 3.05) is 26.2 Å². The van der Waals surface area contributed by atoms with Crippen LogP contribution in [0.3, 0.4) is 0 Å². The standard InChI is InChI=1S/C27H33N3O3.C2H2/c1-18-8-9-22(19(2)16-18)21-10-13-30(14-11-21)12-5-15-31-24-6-4-7-25-23(24)17-26(33-25)27(29)32-20(3)28;1-2/h4,6-9,16-17,21,28-29H,5,10-15H2,1-3H3;1-2H. The van der Waals surface area contributed by atoms with Crippen LogP contribution in [0.15, 0.2) is 46.9 Å². The number of hydrogen-bond donors (Lipinski definition) is 2. The Bertz CT molecular complexity index is 1190. The van der Waals surface area contributed by atoms with Crippen molar-refractivity contribution in [1.29, 1.82) is 10.8 Å². The van der Waals surface area contributed by atoms with E-state index in [1.165, 1.54) is 36.5 Å². The molecule has 1 aromatic heterocycles. The predicted molar refractivity (Wildman–Crippen MR) is 142 cm³/mol. The SMILES string of the molecule is C#C.CC(=N)OC(=N)c1cc2c(OCCCN3CCC(c4ccc(C)cc4C)CC3)cccc2o1. The summed E-state index contributed by atoms with van der Waals surface area (Å²) in [6.07, 6.45) is 11.4. The Morgan fingerprint density at radius 2 is 1.83 bits per heavy atom. The number of furan rings is 1. The monoisotopic (exact) mass is 473 g/mol. The van der Waals surface area contributed by atoms with Crippen LogP contribution in [0, 0.1) is 37.5 Å². The van der Waals surface area contributed by atoms with Gasteiger partial charge in [0.15, 0.2) is 11.7 Å². The Morgan fingerprint density at radius 3 is 2.51 bits per heavy atom. The molecule has 1 fully saturated rings. The summed E-state index contributed by atoms with van der Waals surface area (Å²) in [4.78, 5) is 2.54. The number of terminal acetylenes is 1. The molecule has 35 heavy (non-hydrogen) atoms. The lowest BCUT2D eigenvalue weighted by Crippen LogP contribution is -2.34. The molecule has 1 aliphatic rings. The van der Waals surface area contributed by atoms with E-state index in [-0.39, 0.29) is 11.8 Å². The maximum atomic E-state index is 7.93. The van der Waals surface area contributed by atoms with E-state index in [2.05, 4.69) is 49.8 Å². The smallest absolute Gasteiger partial charge is 0.256 e. The third-order valence-corrected chi connectivity index (χ3v) is 6.33. The third-order valence-electron chi connectivity index (χ3n) is 6.33. The van der Waals surface area contributed by atoms with Gasteiger partial charge in [-0.2, -0.15) is 0 Å². The summed E-state index contributed by atoms with van der Waals surface area (Å²) < 4.78 is 16.8. The van der Waals surface area contributed by atoms with Crippen LogP contribution in [0.2, 0.25) is 0 Å². The van der Waals surface area contributed by atoms with Crippen LogP contribution in [0.25, 0.3) is 11.0 Å². The second-order valence-corrected chi connectivity index (χ2v) is 8.94. The normalized spacial score (nSPS) is 14.2.